The van der Waals surface area contributed by atoms with Crippen molar-refractivity contribution < 1.29 is 9.59 Å². The molecule has 34 heavy (non-hydrogen) atoms. The van der Waals surface area contributed by atoms with Crippen LogP contribution in [0.15, 0.2) is 48.5 Å². The molecule has 0 saturated heterocycles. The predicted octanol–water partition coefficient (Wildman–Crippen LogP) is 6.75. The number of benzene rings is 2. The molecule has 2 aliphatic rings. The lowest BCUT2D eigenvalue weighted by atomic mass is 9.84. The van der Waals surface area contributed by atoms with Crippen LogP contribution in [0.5, 0.6) is 0 Å². The minimum absolute atomic E-state index is 0.00345. The molecule has 4 heteroatoms. The summed E-state index contributed by atoms with van der Waals surface area (Å²) >= 11 is 0. The largest absolute Gasteiger partial charge is 0.349 e. The fraction of sp³-hybridized carbons (Fsp3) is 0.533. The second-order valence-corrected chi connectivity index (χ2v) is 10.5. The van der Waals surface area contributed by atoms with Crippen molar-refractivity contribution in [2.75, 3.05) is 0 Å². The summed E-state index contributed by atoms with van der Waals surface area (Å²) in [6.07, 6.45) is 12.6. The van der Waals surface area contributed by atoms with Crippen molar-refractivity contribution in [2.45, 2.75) is 90.1 Å². The molecular weight excluding hydrogens is 420 g/mol. The van der Waals surface area contributed by atoms with Gasteiger partial charge in [0.2, 0.25) is 0 Å². The molecule has 2 aromatic carbocycles. The minimum atomic E-state index is 0.00345. The number of nitrogens with one attached hydrogen (secondary N) is 2. The molecule has 2 aromatic rings. The van der Waals surface area contributed by atoms with E-state index in [1.165, 1.54) is 64.2 Å². The molecular formula is C30H40N2O2. The maximum atomic E-state index is 12.7. The van der Waals surface area contributed by atoms with E-state index in [2.05, 4.69) is 24.5 Å². The topological polar surface area (TPSA) is 58.2 Å². The molecule has 0 heterocycles. The Labute approximate surface area is 204 Å². The lowest BCUT2D eigenvalue weighted by Crippen LogP contribution is -2.38. The summed E-state index contributed by atoms with van der Waals surface area (Å²) in [5.74, 6) is 1.20. The van der Waals surface area contributed by atoms with Gasteiger partial charge in [0.05, 0.1) is 0 Å². The Morgan fingerprint density at radius 1 is 0.588 bits per heavy atom. The van der Waals surface area contributed by atoms with Gasteiger partial charge in [-0.2, -0.15) is 0 Å². The zero-order chi connectivity index (χ0) is 23.9. The first-order valence-corrected chi connectivity index (χ1v) is 13.3. The monoisotopic (exact) mass is 460 g/mol. The highest BCUT2D eigenvalue weighted by Gasteiger charge is 2.23. The van der Waals surface area contributed by atoms with Crippen LogP contribution in [0.4, 0.5) is 0 Å². The zero-order valence-electron chi connectivity index (χ0n) is 20.8. The number of hydrogen-bond acceptors (Lipinski definition) is 2. The Bertz CT molecular complexity index is 859. The summed E-state index contributed by atoms with van der Waals surface area (Å²) in [5.41, 5.74) is 3.47. The summed E-state index contributed by atoms with van der Waals surface area (Å²) in [6.45, 7) is 4.27. The van der Waals surface area contributed by atoms with Crippen molar-refractivity contribution in [1.29, 1.82) is 0 Å². The van der Waals surface area contributed by atoms with Gasteiger partial charge in [-0.3, -0.25) is 9.59 Å². The summed E-state index contributed by atoms with van der Waals surface area (Å²) in [5, 5.41) is 6.40. The van der Waals surface area contributed by atoms with E-state index in [0.717, 1.165) is 11.1 Å². The summed E-state index contributed by atoms with van der Waals surface area (Å²) in [7, 11) is 0. The quantitative estimate of drug-likeness (QED) is 0.480. The molecule has 0 spiro atoms. The standard InChI is InChI=1S/C30H40N2O2/c1-21(23-9-5-3-6-10-23)31-29(33)27-17-13-25(14-18-27)26-15-19-28(20-16-26)30(34)32-22(2)24-11-7-4-8-12-24/h13-24H,3-12H2,1-2H3,(H,31,33)(H,32,34)/t21-,22-/m0/s1. The second kappa shape index (κ2) is 11.7. The highest BCUT2D eigenvalue weighted by molar-refractivity contribution is 5.96. The fourth-order valence-electron chi connectivity index (χ4n) is 5.71. The van der Waals surface area contributed by atoms with E-state index in [4.69, 9.17) is 0 Å². The van der Waals surface area contributed by atoms with Gasteiger partial charge >= 0.3 is 0 Å². The zero-order valence-corrected chi connectivity index (χ0v) is 20.8. The van der Waals surface area contributed by atoms with E-state index in [-0.39, 0.29) is 23.9 Å². The van der Waals surface area contributed by atoms with Crippen molar-refractivity contribution in [3.63, 3.8) is 0 Å². The number of carbonyl (C=O) groups excluding carboxylic acids is 2. The molecule has 2 fully saturated rings. The van der Waals surface area contributed by atoms with Crippen LogP contribution >= 0.6 is 0 Å². The molecule has 2 aliphatic carbocycles. The van der Waals surface area contributed by atoms with Crippen LogP contribution in [-0.2, 0) is 0 Å². The van der Waals surface area contributed by atoms with Gasteiger partial charge in [-0.25, -0.2) is 0 Å². The smallest absolute Gasteiger partial charge is 0.251 e. The molecule has 2 saturated carbocycles. The average molecular weight is 461 g/mol. The Morgan fingerprint density at radius 2 is 0.912 bits per heavy atom. The van der Waals surface area contributed by atoms with Crippen LogP contribution in [0.1, 0.15) is 98.8 Å². The maximum absolute atomic E-state index is 12.7. The molecule has 4 rings (SSSR count). The maximum Gasteiger partial charge on any atom is 0.251 e. The van der Waals surface area contributed by atoms with E-state index in [0.29, 0.717) is 23.0 Å². The lowest BCUT2D eigenvalue weighted by Gasteiger charge is -2.28. The lowest BCUT2D eigenvalue weighted by molar-refractivity contribution is 0.0911. The number of hydrogen-bond donors (Lipinski definition) is 2. The van der Waals surface area contributed by atoms with Crippen LogP contribution in [-0.4, -0.2) is 23.9 Å². The van der Waals surface area contributed by atoms with Crippen molar-refractivity contribution in [3.8, 4) is 11.1 Å². The van der Waals surface area contributed by atoms with Crippen molar-refractivity contribution in [3.05, 3.63) is 59.7 Å². The minimum Gasteiger partial charge on any atom is -0.349 e. The highest BCUT2D eigenvalue weighted by atomic mass is 16.2. The molecule has 0 unspecified atom stereocenters. The first kappa shape index (κ1) is 24.5. The second-order valence-electron chi connectivity index (χ2n) is 10.5. The van der Waals surface area contributed by atoms with Crippen molar-refractivity contribution in [1.82, 2.24) is 10.6 Å². The van der Waals surface area contributed by atoms with E-state index in [1.807, 2.05) is 48.5 Å². The average Bonchev–Trinajstić information content (AvgIpc) is 2.89. The summed E-state index contributed by atoms with van der Waals surface area (Å²) < 4.78 is 0. The van der Waals surface area contributed by atoms with Gasteiger partial charge < -0.3 is 10.6 Å². The van der Waals surface area contributed by atoms with E-state index < -0.39 is 0 Å². The fourth-order valence-corrected chi connectivity index (χ4v) is 5.71. The van der Waals surface area contributed by atoms with Crippen LogP contribution in [0.2, 0.25) is 0 Å². The van der Waals surface area contributed by atoms with E-state index >= 15 is 0 Å². The van der Waals surface area contributed by atoms with E-state index in [1.54, 1.807) is 0 Å². The summed E-state index contributed by atoms with van der Waals surface area (Å²) in [4.78, 5) is 25.4. The molecule has 182 valence electrons. The predicted molar refractivity (Wildman–Crippen MR) is 139 cm³/mol. The van der Waals surface area contributed by atoms with Crippen LogP contribution in [0, 0.1) is 11.8 Å². The third-order valence-corrected chi connectivity index (χ3v) is 8.06. The molecule has 4 nitrogen and oxygen atoms in total. The highest BCUT2D eigenvalue weighted by Crippen LogP contribution is 2.28. The van der Waals surface area contributed by atoms with E-state index in [9.17, 15) is 9.59 Å². The van der Waals surface area contributed by atoms with Crippen LogP contribution in [0.3, 0.4) is 0 Å². The number of rotatable bonds is 7. The third kappa shape index (κ3) is 6.28. The van der Waals surface area contributed by atoms with Gasteiger partial charge in [0.15, 0.2) is 0 Å². The molecule has 2 N–H and O–H groups in total. The van der Waals surface area contributed by atoms with Gasteiger partial charge in [-0.1, -0.05) is 62.8 Å². The summed E-state index contributed by atoms with van der Waals surface area (Å²) in [6, 6.07) is 16.0. The SMILES string of the molecule is C[C@H](NC(=O)c1ccc(-c2ccc(C(=O)N[C@@H](C)C3CCCCC3)cc2)cc1)C1CCCCC1. The van der Waals surface area contributed by atoms with Crippen molar-refractivity contribution >= 4 is 11.8 Å². The van der Waals surface area contributed by atoms with Gasteiger partial charge in [0.25, 0.3) is 11.8 Å². The Balaban J connectivity index is 1.32. The normalized spacial score (nSPS) is 19.2. The first-order valence-electron chi connectivity index (χ1n) is 13.3. The Morgan fingerprint density at radius 3 is 1.24 bits per heavy atom. The van der Waals surface area contributed by atoms with Crippen LogP contribution < -0.4 is 10.6 Å². The van der Waals surface area contributed by atoms with Crippen LogP contribution in [0.25, 0.3) is 11.1 Å². The van der Waals surface area contributed by atoms with Gasteiger partial charge in [-0.05, 0) is 86.8 Å². The number of amides is 2. The van der Waals surface area contributed by atoms with Gasteiger partial charge in [-0.15, -0.1) is 0 Å². The Hall–Kier alpha value is -2.62. The molecule has 0 radical (unpaired) electrons. The molecule has 0 aliphatic heterocycles. The van der Waals surface area contributed by atoms with Crippen molar-refractivity contribution in [2.24, 2.45) is 11.8 Å². The van der Waals surface area contributed by atoms with Gasteiger partial charge in [0, 0.05) is 23.2 Å². The first-order chi connectivity index (χ1) is 16.5. The molecule has 2 amide bonds. The molecule has 0 aromatic heterocycles. The molecule has 2 atom stereocenters. The number of carbonyl (C=O) groups is 2. The van der Waals surface area contributed by atoms with Gasteiger partial charge in [0.1, 0.15) is 0 Å². The molecule has 0 bridgehead atoms. The third-order valence-electron chi connectivity index (χ3n) is 8.06. The Kier molecular flexibility index (Phi) is 8.42.